The molecule has 1 aliphatic carbocycles. The standard InChI is InChI=1S/C10H21NOSi/c1-13(2,3)9-11-6-7-12-8-10(11)4-5-10/h4-9H2,1-3H3. The topological polar surface area (TPSA) is 12.5 Å². The van der Waals surface area contributed by atoms with Crippen LogP contribution in [0.4, 0.5) is 0 Å². The van der Waals surface area contributed by atoms with Crippen molar-refractivity contribution in [1.29, 1.82) is 0 Å². The summed E-state index contributed by atoms with van der Waals surface area (Å²) < 4.78 is 5.57. The fourth-order valence-corrected chi connectivity index (χ4v) is 3.83. The Morgan fingerprint density at radius 2 is 2.00 bits per heavy atom. The third kappa shape index (κ3) is 2.14. The smallest absolute Gasteiger partial charge is 0.0650 e. The van der Waals surface area contributed by atoms with Crippen LogP contribution in [0.1, 0.15) is 12.8 Å². The van der Waals surface area contributed by atoms with E-state index in [0.29, 0.717) is 5.54 Å². The molecule has 76 valence electrons. The van der Waals surface area contributed by atoms with Crippen molar-refractivity contribution in [2.75, 3.05) is 25.9 Å². The van der Waals surface area contributed by atoms with Gasteiger partial charge in [-0.3, -0.25) is 4.90 Å². The van der Waals surface area contributed by atoms with Gasteiger partial charge in [-0.05, 0) is 19.0 Å². The molecule has 0 aromatic carbocycles. The Labute approximate surface area is 82.3 Å². The summed E-state index contributed by atoms with van der Waals surface area (Å²) in [6, 6.07) is 0. The minimum atomic E-state index is -0.923. The zero-order valence-corrected chi connectivity index (χ0v) is 10.1. The lowest BCUT2D eigenvalue weighted by Crippen LogP contribution is -2.53. The van der Waals surface area contributed by atoms with E-state index >= 15 is 0 Å². The molecule has 2 aliphatic rings. The molecule has 0 N–H and O–H groups in total. The first-order valence-electron chi connectivity index (χ1n) is 5.35. The summed E-state index contributed by atoms with van der Waals surface area (Å²) in [6.45, 7) is 10.5. The Morgan fingerprint density at radius 3 is 2.54 bits per heavy atom. The van der Waals surface area contributed by atoms with Crippen molar-refractivity contribution in [3.63, 3.8) is 0 Å². The number of ether oxygens (including phenoxy) is 1. The first-order chi connectivity index (χ1) is 6.02. The number of rotatable bonds is 2. The molecule has 1 aliphatic heterocycles. The Bertz CT molecular complexity index is 196. The third-order valence-electron chi connectivity index (χ3n) is 3.04. The highest BCUT2D eigenvalue weighted by Crippen LogP contribution is 2.43. The van der Waals surface area contributed by atoms with Gasteiger partial charge in [-0.1, -0.05) is 19.6 Å². The molecule has 2 fully saturated rings. The minimum absolute atomic E-state index is 0.499. The summed E-state index contributed by atoms with van der Waals surface area (Å²) in [6.07, 6.45) is 4.10. The molecule has 0 radical (unpaired) electrons. The van der Waals surface area contributed by atoms with Gasteiger partial charge in [0.25, 0.3) is 0 Å². The van der Waals surface area contributed by atoms with Crippen LogP contribution in [-0.2, 0) is 4.74 Å². The van der Waals surface area contributed by atoms with Crippen LogP contribution < -0.4 is 0 Å². The van der Waals surface area contributed by atoms with Crippen molar-refractivity contribution in [3.05, 3.63) is 0 Å². The molecular weight excluding hydrogens is 178 g/mol. The quantitative estimate of drug-likeness (QED) is 0.628. The van der Waals surface area contributed by atoms with Crippen LogP contribution in [0.25, 0.3) is 0 Å². The molecule has 0 amide bonds. The molecule has 0 bridgehead atoms. The van der Waals surface area contributed by atoms with Crippen molar-refractivity contribution in [2.24, 2.45) is 0 Å². The van der Waals surface area contributed by atoms with Gasteiger partial charge in [-0.2, -0.15) is 0 Å². The van der Waals surface area contributed by atoms with Gasteiger partial charge in [0.15, 0.2) is 0 Å². The molecule has 0 aromatic heterocycles. The van der Waals surface area contributed by atoms with Crippen LogP contribution in [0.3, 0.4) is 0 Å². The predicted octanol–water partition coefficient (Wildman–Crippen LogP) is 1.73. The molecule has 1 spiro atoms. The fourth-order valence-electron chi connectivity index (χ4n) is 2.19. The Kier molecular flexibility index (Phi) is 2.29. The van der Waals surface area contributed by atoms with Crippen LogP contribution in [0.15, 0.2) is 0 Å². The van der Waals surface area contributed by atoms with E-state index in [1.807, 2.05) is 0 Å². The highest BCUT2D eigenvalue weighted by atomic mass is 28.3. The van der Waals surface area contributed by atoms with Crippen LogP contribution in [-0.4, -0.2) is 44.4 Å². The van der Waals surface area contributed by atoms with Gasteiger partial charge in [0.05, 0.1) is 21.3 Å². The first kappa shape index (κ1) is 9.68. The minimum Gasteiger partial charge on any atom is -0.378 e. The molecule has 0 aromatic rings. The number of hydrogen-bond donors (Lipinski definition) is 0. The van der Waals surface area contributed by atoms with Gasteiger partial charge in [-0.25, -0.2) is 0 Å². The van der Waals surface area contributed by atoms with Crippen LogP contribution in [0, 0.1) is 0 Å². The highest BCUT2D eigenvalue weighted by Gasteiger charge is 2.50. The predicted molar refractivity (Wildman–Crippen MR) is 57.7 cm³/mol. The van der Waals surface area contributed by atoms with E-state index in [0.717, 1.165) is 13.2 Å². The van der Waals surface area contributed by atoms with Gasteiger partial charge in [-0.15, -0.1) is 0 Å². The van der Waals surface area contributed by atoms with Crippen molar-refractivity contribution < 1.29 is 4.74 Å². The Hall–Kier alpha value is 0.137. The normalized spacial score (nSPS) is 27.9. The van der Waals surface area contributed by atoms with E-state index in [4.69, 9.17) is 4.74 Å². The average Bonchev–Trinajstić information content (AvgIpc) is 2.73. The van der Waals surface area contributed by atoms with Crippen molar-refractivity contribution in [3.8, 4) is 0 Å². The van der Waals surface area contributed by atoms with Gasteiger partial charge >= 0.3 is 0 Å². The maximum Gasteiger partial charge on any atom is 0.0650 e. The molecule has 0 atom stereocenters. The molecule has 1 saturated heterocycles. The van der Waals surface area contributed by atoms with E-state index in [1.165, 1.54) is 25.6 Å². The van der Waals surface area contributed by atoms with Crippen LogP contribution in [0.5, 0.6) is 0 Å². The summed E-state index contributed by atoms with van der Waals surface area (Å²) >= 11 is 0. The summed E-state index contributed by atoms with van der Waals surface area (Å²) in [5, 5.41) is 0. The molecule has 2 rings (SSSR count). The summed E-state index contributed by atoms with van der Waals surface area (Å²) in [4.78, 5) is 2.71. The fraction of sp³-hybridized carbons (Fsp3) is 1.00. The van der Waals surface area contributed by atoms with Gasteiger partial charge in [0.1, 0.15) is 0 Å². The van der Waals surface area contributed by atoms with Crippen molar-refractivity contribution in [1.82, 2.24) is 4.90 Å². The highest BCUT2D eigenvalue weighted by molar-refractivity contribution is 6.76. The molecule has 1 heterocycles. The molecule has 13 heavy (non-hydrogen) atoms. The van der Waals surface area contributed by atoms with E-state index < -0.39 is 8.07 Å². The molecular formula is C10H21NOSi. The largest absolute Gasteiger partial charge is 0.378 e. The molecule has 1 saturated carbocycles. The SMILES string of the molecule is C[Si](C)(C)CN1CCOCC12CC2. The van der Waals surface area contributed by atoms with Crippen molar-refractivity contribution in [2.45, 2.75) is 38.0 Å². The summed E-state index contributed by atoms with van der Waals surface area (Å²) in [7, 11) is -0.923. The lowest BCUT2D eigenvalue weighted by atomic mass is 10.2. The second-order valence-corrected chi connectivity index (χ2v) is 11.2. The second-order valence-electron chi connectivity index (χ2n) is 5.76. The van der Waals surface area contributed by atoms with E-state index in [-0.39, 0.29) is 0 Å². The van der Waals surface area contributed by atoms with Gasteiger partial charge in [0.2, 0.25) is 0 Å². The van der Waals surface area contributed by atoms with Crippen LogP contribution >= 0.6 is 0 Å². The Morgan fingerprint density at radius 1 is 1.31 bits per heavy atom. The lowest BCUT2D eigenvalue weighted by molar-refractivity contribution is -0.0119. The maximum atomic E-state index is 5.57. The summed E-state index contributed by atoms with van der Waals surface area (Å²) in [5.74, 6) is 0. The molecule has 0 unspecified atom stereocenters. The van der Waals surface area contributed by atoms with Crippen LogP contribution in [0.2, 0.25) is 19.6 Å². The maximum absolute atomic E-state index is 5.57. The van der Waals surface area contributed by atoms with Gasteiger partial charge < -0.3 is 4.74 Å². The van der Waals surface area contributed by atoms with E-state index in [2.05, 4.69) is 24.5 Å². The van der Waals surface area contributed by atoms with Crippen molar-refractivity contribution >= 4 is 8.07 Å². The number of hydrogen-bond acceptors (Lipinski definition) is 2. The second kappa shape index (κ2) is 3.07. The molecule has 2 nitrogen and oxygen atoms in total. The summed E-state index contributed by atoms with van der Waals surface area (Å²) in [5.41, 5.74) is 0.499. The van der Waals surface area contributed by atoms with E-state index in [1.54, 1.807) is 0 Å². The third-order valence-corrected chi connectivity index (χ3v) is 4.37. The number of nitrogens with zero attached hydrogens (tertiary/aromatic N) is 1. The average molecular weight is 199 g/mol. The zero-order valence-electron chi connectivity index (χ0n) is 9.10. The van der Waals surface area contributed by atoms with Gasteiger partial charge in [0, 0.05) is 12.1 Å². The number of morpholine rings is 1. The zero-order chi connectivity index (χ0) is 9.53. The monoisotopic (exact) mass is 199 g/mol. The first-order valence-corrected chi connectivity index (χ1v) is 9.05. The Balaban J connectivity index is 1.97. The molecule has 3 heteroatoms. The van der Waals surface area contributed by atoms with E-state index in [9.17, 15) is 0 Å². The lowest BCUT2D eigenvalue weighted by Gasteiger charge is -2.39.